The van der Waals surface area contributed by atoms with Gasteiger partial charge in [0.2, 0.25) is 5.84 Å². The standard InChI is InChI=1S/C53H43N5/c1-3-16-35(17-4-1)51-54-52(36-18-5-2-6-19-36)56-53(55-51)38-31-30-34-21-15-29-47(43(34)32-38)57-46-28-14-11-25-42(46)49-48(57)33-37-20-7-8-22-39(37)50(49)58-44-26-12-9-23-40(44)41-24-10-13-27-45(41)58/h1-13,15-27,29-33,40-41,44-45,51,53,55H,14,28H2,(H,54,56)/p+1. The van der Waals surface area contributed by atoms with Gasteiger partial charge in [0, 0.05) is 44.8 Å². The number of rotatable bonds is 5. The van der Waals surface area contributed by atoms with Crippen molar-refractivity contribution in [2.75, 3.05) is 4.90 Å². The van der Waals surface area contributed by atoms with Crippen molar-refractivity contribution in [1.82, 2.24) is 9.88 Å². The Morgan fingerprint density at radius 1 is 0.638 bits per heavy atom. The van der Waals surface area contributed by atoms with Crippen molar-refractivity contribution < 1.29 is 5.32 Å². The summed E-state index contributed by atoms with van der Waals surface area (Å²) in [6, 6.07) is 47.2. The first-order chi connectivity index (χ1) is 28.8. The molecule has 2 aliphatic heterocycles. The summed E-state index contributed by atoms with van der Waals surface area (Å²) >= 11 is 0. The van der Waals surface area contributed by atoms with Gasteiger partial charge in [-0.2, -0.15) is 0 Å². The second kappa shape index (κ2) is 13.6. The van der Waals surface area contributed by atoms with Gasteiger partial charge in [-0.3, -0.25) is 5.32 Å². The Balaban J connectivity index is 1.07. The highest BCUT2D eigenvalue weighted by atomic mass is 15.3. The van der Waals surface area contributed by atoms with Crippen molar-refractivity contribution in [3.05, 3.63) is 210 Å². The van der Waals surface area contributed by atoms with Crippen LogP contribution in [-0.4, -0.2) is 22.5 Å². The fourth-order valence-corrected chi connectivity index (χ4v) is 10.6. The molecule has 280 valence electrons. The van der Waals surface area contributed by atoms with Crippen molar-refractivity contribution in [3.8, 4) is 5.69 Å². The lowest BCUT2D eigenvalue weighted by molar-refractivity contribution is -0.600. The van der Waals surface area contributed by atoms with E-state index in [1.54, 1.807) is 0 Å². The summed E-state index contributed by atoms with van der Waals surface area (Å²) in [6.07, 6.45) is 25.4. The van der Waals surface area contributed by atoms with Gasteiger partial charge in [-0.15, -0.1) is 0 Å². The fraction of sp³-hybridized carbons (Fsp3) is 0.151. The minimum absolute atomic E-state index is 0.0255. The number of nitrogens with one attached hydrogen (secondary N) is 1. The van der Waals surface area contributed by atoms with E-state index in [1.807, 2.05) is 0 Å². The lowest BCUT2D eigenvalue weighted by Crippen LogP contribution is -2.93. The maximum absolute atomic E-state index is 5.38. The molecule has 6 unspecified atom stereocenters. The number of nitrogens with two attached hydrogens (primary N) is 1. The Morgan fingerprint density at radius 3 is 2.17 bits per heavy atom. The van der Waals surface area contributed by atoms with Crippen molar-refractivity contribution in [3.63, 3.8) is 0 Å². The normalized spacial score (nSPS) is 24.3. The minimum Gasteiger partial charge on any atom is -0.356 e. The number of allylic oxidation sites excluding steroid dienone is 5. The minimum atomic E-state index is -0.220. The number of aromatic nitrogens is 1. The first kappa shape index (κ1) is 33.6. The molecule has 0 saturated carbocycles. The van der Waals surface area contributed by atoms with Crippen LogP contribution in [0.2, 0.25) is 0 Å². The van der Waals surface area contributed by atoms with Gasteiger partial charge in [-0.1, -0.05) is 158 Å². The number of aliphatic imine (C=N–C) groups is 1. The van der Waals surface area contributed by atoms with Gasteiger partial charge in [0.25, 0.3) is 0 Å². The van der Waals surface area contributed by atoms with Crippen LogP contribution in [-0.2, 0) is 6.42 Å². The Kier molecular flexibility index (Phi) is 7.85. The maximum Gasteiger partial charge on any atom is 0.230 e. The molecule has 1 fully saturated rings. The largest absolute Gasteiger partial charge is 0.356 e. The van der Waals surface area contributed by atoms with Gasteiger partial charge in [-0.05, 0) is 59.5 Å². The average Bonchev–Trinajstić information content (AvgIpc) is 3.81. The second-order valence-corrected chi connectivity index (χ2v) is 16.3. The fourth-order valence-electron chi connectivity index (χ4n) is 10.6. The highest BCUT2D eigenvalue weighted by Gasteiger charge is 2.47. The summed E-state index contributed by atoms with van der Waals surface area (Å²) in [7, 11) is 0. The van der Waals surface area contributed by atoms with Gasteiger partial charge >= 0.3 is 0 Å². The molecule has 3 N–H and O–H groups in total. The van der Waals surface area contributed by atoms with Crippen LogP contribution in [0.25, 0.3) is 44.2 Å². The smallest absolute Gasteiger partial charge is 0.230 e. The van der Waals surface area contributed by atoms with Gasteiger partial charge in [-0.25, -0.2) is 10.3 Å². The molecule has 3 aliphatic carbocycles. The summed E-state index contributed by atoms with van der Waals surface area (Å²) in [5.74, 6) is 1.86. The van der Waals surface area contributed by atoms with Crippen LogP contribution in [0.3, 0.4) is 0 Å². The lowest BCUT2D eigenvalue weighted by Gasteiger charge is -2.34. The maximum atomic E-state index is 5.38. The molecule has 5 aliphatic rings. The summed E-state index contributed by atoms with van der Waals surface area (Å²) < 4.78 is 2.61. The lowest BCUT2D eigenvalue weighted by atomic mass is 9.83. The van der Waals surface area contributed by atoms with E-state index < -0.39 is 0 Å². The van der Waals surface area contributed by atoms with Crippen molar-refractivity contribution in [1.29, 1.82) is 0 Å². The van der Waals surface area contributed by atoms with E-state index in [1.165, 1.54) is 60.6 Å². The van der Waals surface area contributed by atoms with Crippen LogP contribution >= 0.6 is 0 Å². The molecule has 0 bridgehead atoms. The Labute approximate surface area is 338 Å². The van der Waals surface area contributed by atoms with Crippen molar-refractivity contribution in [2.24, 2.45) is 16.8 Å². The molecule has 5 nitrogen and oxygen atoms in total. The number of nitrogens with zero attached hydrogens (tertiary/aromatic N) is 3. The molecule has 58 heavy (non-hydrogen) atoms. The summed E-state index contributed by atoms with van der Waals surface area (Å²) in [5.41, 5.74) is 10.1. The van der Waals surface area contributed by atoms with E-state index in [2.05, 4.69) is 208 Å². The number of hydrogen-bond acceptors (Lipinski definition) is 3. The molecular formula is C53H44N5+. The third-order valence-corrected chi connectivity index (χ3v) is 13.2. The zero-order valence-electron chi connectivity index (χ0n) is 32.2. The molecule has 0 spiro atoms. The van der Waals surface area contributed by atoms with E-state index in [0.717, 1.165) is 29.8 Å². The summed E-state index contributed by atoms with van der Waals surface area (Å²) in [5, 5.41) is 12.6. The van der Waals surface area contributed by atoms with Crippen LogP contribution in [0.1, 0.15) is 46.7 Å². The number of anilines is 1. The third-order valence-electron chi connectivity index (χ3n) is 13.2. The highest BCUT2D eigenvalue weighted by Crippen LogP contribution is 2.51. The number of amidine groups is 1. The van der Waals surface area contributed by atoms with Gasteiger partial charge in [0.05, 0.1) is 34.5 Å². The summed E-state index contributed by atoms with van der Waals surface area (Å²) in [6.45, 7) is 0. The SMILES string of the molecule is C1=CC2C3C=CC=CC3N(c3c4ccccc4cc4c3c3c(n4-c4cccc5ccc(C6N=C(c7ccccc7)[NH2+]C(c7ccccc7)N6)cc45)CCC=C3)C2C=C1. The molecule has 0 radical (unpaired) electrons. The Bertz CT molecular complexity index is 2910. The number of fused-ring (bicyclic) bond motifs is 8. The number of quaternary nitrogens is 1. The van der Waals surface area contributed by atoms with Crippen molar-refractivity contribution in [2.45, 2.75) is 37.3 Å². The molecular weight excluding hydrogens is 707 g/mol. The highest BCUT2D eigenvalue weighted by molar-refractivity contribution is 6.15. The summed E-state index contributed by atoms with van der Waals surface area (Å²) in [4.78, 5) is 8.15. The molecule has 7 aromatic rings. The van der Waals surface area contributed by atoms with Crippen LogP contribution in [0.4, 0.5) is 5.69 Å². The predicted molar refractivity (Wildman–Crippen MR) is 239 cm³/mol. The monoisotopic (exact) mass is 750 g/mol. The molecule has 5 heteroatoms. The van der Waals surface area contributed by atoms with Crippen LogP contribution < -0.4 is 15.5 Å². The number of benzene rings is 6. The first-order valence-corrected chi connectivity index (χ1v) is 20.8. The molecule has 6 atom stereocenters. The van der Waals surface area contributed by atoms with Crippen molar-refractivity contribution >= 4 is 50.0 Å². The zero-order valence-corrected chi connectivity index (χ0v) is 32.2. The Morgan fingerprint density at radius 2 is 1.36 bits per heavy atom. The molecule has 6 aromatic carbocycles. The molecule has 0 amide bonds. The average molecular weight is 751 g/mol. The topological polar surface area (TPSA) is 49.2 Å². The van der Waals surface area contributed by atoms with E-state index in [4.69, 9.17) is 4.99 Å². The van der Waals surface area contributed by atoms with E-state index in [0.29, 0.717) is 11.8 Å². The number of hydrogen-bond donors (Lipinski definition) is 2. The molecule has 1 saturated heterocycles. The Hall–Kier alpha value is -6.53. The first-order valence-electron chi connectivity index (χ1n) is 20.8. The third kappa shape index (κ3) is 5.27. The molecule has 3 heterocycles. The predicted octanol–water partition coefficient (Wildman–Crippen LogP) is 10.2. The van der Waals surface area contributed by atoms with Gasteiger partial charge in [0.1, 0.15) is 6.17 Å². The molecule has 12 rings (SSSR count). The van der Waals surface area contributed by atoms with Gasteiger partial charge in [0.15, 0.2) is 6.17 Å². The van der Waals surface area contributed by atoms with Crippen LogP contribution in [0.15, 0.2) is 187 Å². The van der Waals surface area contributed by atoms with E-state index in [-0.39, 0.29) is 24.4 Å². The quantitative estimate of drug-likeness (QED) is 0.184. The van der Waals surface area contributed by atoms with E-state index >= 15 is 0 Å². The van der Waals surface area contributed by atoms with E-state index in [9.17, 15) is 0 Å². The van der Waals surface area contributed by atoms with Crippen LogP contribution in [0, 0.1) is 11.8 Å². The molecule has 1 aromatic heterocycles. The van der Waals surface area contributed by atoms with Gasteiger partial charge < -0.3 is 9.47 Å². The zero-order chi connectivity index (χ0) is 38.2. The van der Waals surface area contributed by atoms with Crippen LogP contribution in [0.5, 0.6) is 0 Å². The second-order valence-electron chi connectivity index (χ2n) is 16.3.